The highest BCUT2D eigenvalue weighted by atomic mass is 35.5. The Morgan fingerprint density at radius 3 is 2.45 bits per heavy atom. The topological polar surface area (TPSA) is 46.2 Å². The van der Waals surface area contributed by atoms with Gasteiger partial charge >= 0.3 is 0 Å². The van der Waals surface area contributed by atoms with E-state index in [0.29, 0.717) is 12.5 Å². The van der Waals surface area contributed by atoms with E-state index in [1.807, 2.05) is 0 Å². The average molecular weight is 296 g/mol. The van der Waals surface area contributed by atoms with Gasteiger partial charge in [-0.1, -0.05) is 24.6 Å². The Kier molecular flexibility index (Phi) is 5.88. The number of hydrogen-bond acceptors (Lipinski definition) is 2. The summed E-state index contributed by atoms with van der Waals surface area (Å²) in [6, 6.07) is 4.49. The van der Waals surface area contributed by atoms with Crippen LogP contribution in [-0.4, -0.2) is 18.3 Å². The number of aryl methyl sites for hydroxylation is 2. The number of fused-ring (bicyclic) bond motifs is 1. The van der Waals surface area contributed by atoms with E-state index in [1.165, 1.54) is 36.0 Å². The molecule has 1 aliphatic carbocycles. The van der Waals surface area contributed by atoms with E-state index >= 15 is 0 Å². The zero-order chi connectivity index (χ0) is 14.5. The zero-order valence-electron chi connectivity index (χ0n) is 12.4. The second kappa shape index (κ2) is 7.44. The quantitative estimate of drug-likeness (QED) is 0.841. The van der Waals surface area contributed by atoms with Crippen molar-refractivity contribution in [3.05, 3.63) is 33.8 Å². The molecular weight excluding hydrogens is 270 g/mol. The molecule has 1 aromatic rings. The molecule has 0 amide bonds. The molecule has 112 valence electrons. The summed E-state index contributed by atoms with van der Waals surface area (Å²) in [6.45, 7) is 2.89. The molecule has 3 N–H and O–H groups in total. The summed E-state index contributed by atoms with van der Waals surface area (Å²) in [5.41, 5.74) is 9.87. The predicted octanol–water partition coefficient (Wildman–Crippen LogP) is 3.67. The van der Waals surface area contributed by atoms with E-state index in [0.717, 1.165) is 24.3 Å². The van der Waals surface area contributed by atoms with Crippen molar-refractivity contribution in [3.8, 4) is 0 Å². The Balaban J connectivity index is 2.24. The highest BCUT2D eigenvalue weighted by Gasteiger charge is 2.20. The maximum Gasteiger partial charge on any atom is 0.0471 e. The minimum Gasteiger partial charge on any atom is -0.396 e. The van der Waals surface area contributed by atoms with Gasteiger partial charge in [0.25, 0.3) is 0 Å². The van der Waals surface area contributed by atoms with Crippen LogP contribution in [0.5, 0.6) is 0 Å². The van der Waals surface area contributed by atoms with Crippen LogP contribution < -0.4 is 5.73 Å². The average Bonchev–Trinajstić information content (AvgIpc) is 2.48. The molecule has 0 aliphatic heterocycles. The van der Waals surface area contributed by atoms with Crippen molar-refractivity contribution >= 4 is 11.6 Å². The van der Waals surface area contributed by atoms with Gasteiger partial charge in [0.05, 0.1) is 0 Å². The number of nitrogens with two attached hydrogens (primary N) is 1. The fourth-order valence-electron chi connectivity index (χ4n) is 3.25. The Morgan fingerprint density at radius 2 is 1.90 bits per heavy atom. The highest BCUT2D eigenvalue weighted by Crippen LogP contribution is 2.36. The first-order chi connectivity index (χ1) is 9.69. The van der Waals surface area contributed by atoms with Crippen molar-refractivity contribution in [1.82, 2.24) is 0 Å². The summed E-state index contributed by atoms with van der Waals surface area (Å²) >= 11 is 6.51. The van der Waals surface area contributed by atoms with Gasteiger partial charge in [-0.15, -0.1) is 0 Å². The van der Waals surface area contributed by atoms with Gasteiger partial charge in [0.1, 0.15) is 0 Å². The molecule has 0 saturated carbocycles. The highest BCUT2D eigenvalue weighted by molar-refractivity contribution is 6.31. The maximum absolute atomic E-state index is 9.37. The molecule has 0 spiro atoms. The Labute approximate surface area is 127 Å². The smallest absolute Gasteiger partial charge is 0.0471 e. The lowest BCUT2D eigenvalue weighted by Gasteiger charge is -2.24. The second-order valence-electron chi connectivity index (χ2n) is 5.97. The van der Waals surface area contributed by atoms with Crippen LogP contribution in [0.1, 0.15) is 55.2 Å². The molecule has 0 radical (unpaired) electrons. The number of benzene rings is 1. The molecule has 1 aliphatic rings. The van der Waals surface area contributed by atoms with Gasteiger partial charge < -0.3 is 10.8 Å². The lowest BCUT2D eigenvalue weighted by atomic mass is 9.83. The van der Waals surface area contributed by atoms with E-state index in [-0.39, 0.29) is 12.5 Å². The standard InChI is InChI=1S/C17H26ClNO/c1-2-13(7-12(10-19)11-20)16-8-14-5-3-4-6-15(14)9-17(16)18/h8-9,12-13,20H,2-7,10-11,19H2,1H3. The third-order valence-corrected chi connectivity index (χ3v) is 4.93. The van der Waals surface area contributed by atoms with E-state index < -0.39 is 0 Å². The molecule has 2 unspecified atom stereocenters. The first-order valence-electron chi connectivity index (χ1n) is 7.81. The molecule has 0 fully saturated rings. The molecule has 0 heterocycles. The third-order valence-electron chi connectivity index (χ3n) is 4.60. The monoisotopic (exact) mass is 295 g/mol. The van der Waals surface area contributed by atoms with E-state index in [4.69, 9.17) is 17.3 Å². The van der Waals surface area contributed by atoms with Gasteiger partial charge in [-0.25, -0.2) is 0 Å². The van der Waals surface area contributed by atoms with Gasteiger partial charge in [0.15, 0.2) is 0 Å². The number of hydrogen-bond donors (Lipinski definition) is 2. The Bertz CT molecular complexity index is 443. The van der Waals surface area contributed by atoms with Crippen LogP contribution in [0, 0.1) is 5.92 Å². The van der Waals surface area contributed by atoms with Crippen LogP contribution in [0.15, 0.2) is 12.1 Å². The fourth-order valence-corrected chi connectivity index (χ4v) is 3.59. The number of aliphatic hydroxyl groups is 1. The van der Waals surface area contributed by atoms with Gasteiger partial charge in [-0.3, -0.25) is 0 Å². The molecule has 2 nitrogen and oxygen atoms in total. The molecular formula is C17H26ClNO. The molecule has 0 saturated heterocycles. The zero-order valence-corrected chi connectivity index (χ0v) is 13.1. The predicted molar refractivity (Wildman–Crippen MR) is 85.4 cm³/mol. The largest absolute Gasteiger partial charge is 0.396 e. The maximum atomic E-state index is 9.37. The minimum absolute atomic E-state index is 0.162. The van der Waals surface area contributed by atoms with Gasteiger partial charge in [0.2, 0.25) is 0 Å². The third kappa shape index (κ3) is 3.55. The fraction of sp³-hybridized carbons (Fsp3) is 0.647. The number of halogens is 1. The van der Waals surface area contributed by atoms with Gasteiger partial charge in [-0.2, -0.15) is 0 Å². The first-order valence-corrected chi connectivity index (χ1v) is 8.19. The lowest BCUT2D eigenvalue weighted by Crippen LogP contribution is -2.21. The summed E-state index contributed by atoms with van der Waals surface area (Å²) in [7, 11) is 0. The molecule has 0 aromatic heterocycles. The summed E-state index contributed by atoms with van der Waals surface area (Å²) < 4.78 is 0. The Hall–Kier alpha value is -0.570. The second-order valence-corrected chi connectivity index (χ2v) is 6.38. The number of rotatable bonds is 6. The van der Waals surface area contributed by atoms with E-state index in [1.54, 1.807) is 0 Å². The molecule has 2 rings (SSSR count). The summed E-state index contributed by atoms with van der Waals surface area (Å²) in [6.07, 6.45) is 6.86. The first kappa shape index (κ1) is 15.8. The van der Waals surface area contributed by atoms with Crippen molar-refractivity contribution in [1.29, 1.82) is 0 Å². The van der Waals surface area contributed by atoms with E-state index in [9.17, 15) is 5.11 Å². The van der Waals surface area contributed by atoms with Crippen molar-refractivity contribution < 1.29 is 5.11 Å². The van der Waals surface area contributed by atoms with Crippen LogP contribution in [-0.2, 0) is 12.8 Å². The SMILES string of the molecule is CCC(CC(CN)CO)c1cc2c(cc1Cl)CCCC2. The van der Waals surface area contributed by atoms with Crippen LogP contribution >= 0.6 is 11.6 Å². The van der Waals surface area contributed by atoms with Gasteiger partial charge in [-0.05, 0) is 79.7 Å². The van der Waals surface area contributed by atoms with Crippen LogP contribution in [0.2, 0.25) is 5.02 Å². The van der Waals surface area contributed by atoms with Gasteiger partial charge in [0, 0.05) is 11.6 Å². The summed E-state index contributed by atoms with van der Waals surface area (Å²) in [5.74, 6) is 0.572. The number of aliphatic hydroxyl groups excluding tert-OH is 1. The molecule has 0 bridgehead atoms. The molecule has 3 heteroatoms. The van der Waals surface area contributed by atoms with Crippen LogP contribution in [0.3, 0.4) is 0 Å². The molecule has 1 aromatic carbocycles. The van der Waals surface area contributed by atoms with Crippen LogP contribution in [0.25, 0.3) is 0 Å². The van der Waals surface area contributed by atoms with Crippen LogP contribution in [0.4, 0.5) is 0 Å². The Morgan fingerprint density at radius 1 is 1.25 bits per heavy atom. The van der Waals surface area contributed by atoms with Crippen molar-refractivity contribution in [2.24, 2.45) is 11.7 Å². The van der Waals surface area contributed by atoms with Crippen molar-refractivity contribution in [2.75, 3.05) is 13.2 Å². The lowest BCUT2D eigenvalue weighted by molar-refractivity contribution is 0.214. The minimum atomic E-state index is 0.162. The summed E-state index contributed by atoms with van der Waals surface area (Å²) in [5, 5.41) is 10.3. The van der Waals surface area contributed by atoms with Crippen molar-refractivity contribution in [2.45, 2.75) is 51.4 Å². The van der Waals surface area contributed by atoms with Crippen molar-refractivity contribution in [3.63, 3.8) is 0 Å². The van der Waals surface area contributed by atoms with E-state index in [2.05, 4.69) is 19.1 Å². The molecule has 2 atom stereocenters. The summed E-state index contributed by atoms with van der Waals surface area (Å²) in [4.78, 5) is 0. The molecule has 20 heavy (non-hydrogen) atoms. The normalized spacial score (nSPS) is 17.6.